The van der Waals surface area contributed by atoms with Crippen molar-refractivity contribution < 1.29 is 12.8 Å². The van der Waals surface area contributed by atoms with Crippen LogP contribution >= 0.6 is 11.8 Å². The second-order valence-electron chi connectivity index (χ2n) is 5.11. The van der Waals surface area contributed by atoms with Gasteiger partial charge in [0.05, 0.1) is 23.6 Å². The van der Waals surface area contributed by atoms with E-state index < -0.39 is 9.84 Å². The lowest BCUT2D eigenvalue weighted by Gasteiger charge is -2.20. The highest BCUT2D eigenvalue weighted by Crippen LogP contribution is 2.31. The quantitative estimate of drug-likeness (QED) is 0.830. The molecule has 108 valence electrons. The summed E-state index contributed by atoms with van der Waals surface area (Å²) in [5, 5.41) is 0.804. The third kappa shape index (κ3) is 2.56. The van der Waals surface area contributed by atoms with E-state index in [9.17, 15) is 12.8 Å². The fourth-order valence-electron chi connectivity index (χ4n) is 2.58. The molecule has 0 saturated carbocycles. The van der Waals surface area contributed by atoms with Crippen LogP contribution < -0.4 is 0 Å². The molecule has 3 rings (SSSR count). The summed E-state index contributed by atoms with van der Waals surface area (Å²) < 4.78 is 36.7. The molecular formula is C13H15FN2O2S2. The predicted octanol–water partition coefficient (Wildman–Crippen LogP) is 1.53. The number of rotatable bonds is 2. The van der Waals surface area contributed by atoms with Crippen molar-refractivity contribution in [1.82, 2.24) is 4.90 Å². The van der Waals surface area contributed by atoms with Gasteiger partial charge in [0.15, 0.2) is 15.0 Å². The number of thioether (sulfide) groups is 1. The van der Waals surface area contributed by atoms with Gasteiger partial charge in [0.2, 0.25) is 0 Å². The second-order valence-corrected chi connectivity index (χ2v) is 8.21. The normalized spacial score (nSPS) is 27.5. The van der Waals surface area contributed by atoms with Crippen molar-refractivity contribution in [3.8, 4) is 0 Å². The van der Waals surface area contributed by atoms with Crippen LogP contribution in [0.15, 0.2) is 29.3 Å². The van der Waals surface area contributed by atoms with Crippen molar-refractivity contribution >= 4 is 26.8 Å². The Balaban J connectivity index is 1.69. The summed E-state index contributed by atoms with van der Waals surface area (Å²) in [6.07, 6.45) is 0. The number of sulfone groups is 1. The molecule has 1 aromatic carbocycles. The van der Waals surface area contributed by atoms with Crippen molar-refractivity contribution in [2.75, 3.05) is 18.6 Å². The Labute approximate surface area is 122 Å². The summed E-state index contributed by atoms with van der Waals surface area (Å²) in [4.78, 5) is 6.39. The summed E-state index contributed by atoms with van der Waals surface area (Å²) in [6.45, 7) is 0. The number of nitrogens with zero attached hydrogens (tertiary/aromatic N) is 2. The van der Waals surface area contributed by atoms with Crippen molar-refractivity contribution in [3.05, 3.63) is 35.6 Å². The number of hydrogen-bond donors (Lipinski definition) is 0. The molecule has 1 aromatic rings. The highest BCUT2D eigenvalue weighted by molar-refractivity contribution is 8.13. The molecule has 0 N–H and O–H groups in total. The molecular weight excluding hydrogens is 299 g/mol. The average Bonchev–Trinajstić information content (AvgIpc) is 2.83. The van der Waals surface area contributed by atoms with E-state index in [2.05, 4.69) is 4.99 Å². The van der Waals surface area contributed by atoms with Crippen LogP contribution in [0, 0.1) is 5.82 Å². The summed E-state index contributed by atoms with van der Waals surface area (Å²) >= 11 is 1.46. The lowest BCUT2D eigenvalue weighted by molar-refractivity contribution is 0.410. The van der Waals surface area contributed by atoms with E-state index in [-0.39, 0.29) is 29.4 Å². The zero-order valence-corrected chi connectivity index (χ0v) is 12.6. The first-order valence-corrected chi connectivity index (χ1v) is 9.14. The van der Waals surface area contributed by atoms with Crippen molar-refractivity contribution in [1.29, 1.82) is 0 Å². The average molecular weight is 314 g/mol. The maximum absolute atomic E-state index is 13.5. The Kier molecular flexibility index (Phi) is 3.50. The first-order chi connectivity index (χ1) is 9.46. The van der Waals surface area contributed by atoms with Crippen molar-refractivity contribution in [2.45, 2.75) is 17.8 Å². The summed E-state index contributed by atoms with van der Waals surface area (Å²) in [6, 6.07) is 6.45. The summed E-state index contributed by atoms with van der Waals surface area (Å²) in [5.74, 6) is 0.582. The second kappa shape index (κ2) is 5.04. The van der Waals surface area contributed by atoms with E-state index in [4.69, 9.17) is 0 Å². The maximum atomic E-state index is 13.5. The number of fused-ring (bicyclic) bond motifs is 1. The van der Waals surface area contributed by atoms with E-state index in [0.717, 1.165) is 5.17 Å². The van der Waals surface area contributed by atoms with Crippen LogP contribution in [0.5, 0.6) is 0 Å². The molecule has 2 aliphatic rings. The first-order valence-electron chi connectivity index (χ1n) is 6.33. The van der Waals surface area contributed by atoms with Crippen LogP contribution in [-0.4, -0.2) is 49.1 Å². The van der Waals surface area contributed by atoms with Gasteiger partial charge in [-0.25, -0.2) is 12.8 Å². The van der Waals surface area contributed by atoms with Gasteiger partial charge in [0.25, 0.3) is 0 Å². The van der Waals surface area contributed by atoms with Gasteiger partial charge in [-0.15, -0.1) is 0 Å². The van der Waals surface area contributed by atoms with E-state index in [1.807, 2.05) is 11.9 Å². The van der Waals surface area contributed by atoms with Crippen molar-refractivity contribution in [2.24, 2.45) is 4.99 Å². The third-order valence-electron chi connectivity index (χ3n) is 3.68. The molecule has 2 heterocycles. The van der Waals surface area contributed by atoms with Gasteiger partial charge in [0, 0.05) is 12.8 Å². The molecule has 0 unspecified atom stereocenters. The molecule has 2 atom stereocenters. The SMILES string of the molecule is CN1C(SCc2ccccc2F)=N[C@H]2CS(=O)(=O)C[C@H]21. The van der Waals surface area contributed by atoms with Gasteiger partial charge in [-0.3, -0.25) is 4.99 Å². The number of amidine groups is 1. The van der Waals surface area contributed by atoms with Gasteiger partial charge in [-0.2, -0.15) is 0 Å². The molecule has 1 saturated heterocycles. The lowest BCUT2D eigenvalue weighted by atomic mass is 10.2. The molecule has 20 heavy (non-hydrogen) atoms. The molecule has 7 heteroatoms. The Bertz CT molecular complexity index is 660. The van der Waals surface area contributed by atoms with Crippen LogP contribution in [0.1, 0.15) is 5.56 Å². The highest BCUT2D eigenvalue weighted by atomic mass is 32.2. The predicted molar refractivity (Wildman–Crippen MR) is 79.1 cm³/mol. The van der Waals surface area contributed by atoms with Crippen LogP contribution in [0.3, 0.4) is 0 Å². The lowest BCUT2D eigenvalue weighted by Crippen LogP contribution is -2.35. The molecule has 0 aliphatic carbocycles. The zero-order chi connectivity index (χ0) is 14.3. The van der Waals surface area contributed by atoms with Crippen LogP contribution in [-0.2, 0) is 15.6 Å². The molecule has 0 radical (unpaired) electrons. The van der Waals surface area contributed by atoms with Crippen LogP contribution in [0.2, 0.25) is 0 Å². The molecule has 0 spiro atoms. The van der Waals surface area contributed by atoms with Gasteiger partial charge in [-0.1, -0.05) is 30.0 Å². The largest absolute Gasteiger partial charge is 0.348 e. The minimum Gasteiger partial charge on any atom is -0.348 e. The van der Waals surface area contributed by atoms with Gasteiger partial charge >= 0.3 is 0 Å². The zero-order valence-electron chi connectivity index (χ0n) is 11.0. The topological polar surface area (TPSA) is 49.7 Å². The Morgan fingerprint density at radius 1 is 1.40 bits per heavy atom. The fraction of sp³-hybridized carbons (Fsp3) is 0.462. The minimum absolute atomic E-state index is 0.0527. The summed E-state index contributed by atoms with van der Waals surface area (Å²) in [7, 11) is -1.09. The maximum Gasteiger partial charge on any atom is 0.159 e. The Morgan fingerprint density at radius 2 is 2.15 bits per heavy atom. The fourth-order valence-corrected chi connectivity index (χ4v) is 5.56. The third-order valence-corrected chi connectivity index (χ3v) is 6.49. The molecule has 0 bridgehead atoms. The van der Waals surface area contributed by atoms with Crippen LogP contribution in [0.25, 0.3) is 0 Å². The smallest absolute Gasteiger partial charge is 0.159 e. The number of halogens is 1. The Morgan fingerprint density at radius 3 is 2.85 bits per heavy atom. The monoisotopic (exact) mass is 314 g/mol. The number of hydrogen-bond acceptors (Lipinski definition) is 5. The highest BCUT2D eigenvalue weighted by Gasteiger charge is 2.44. The van der Waals surface area contributed by atoms with Gasteiger partial charge in [0.1, 0.15) is 5.82 Å². The number of benzene rings is 1. The molecule has 2 aliphatic heterocycles. The van der Waals surface area contributed by atoms with Crippen LogP contribution in [0.4, 0.5) is 4.39 Å². The molecule has 4 nitrogen and oxygen atoms in total. The Hall–Kier alpha value is -1.08. The van der Waals surface area contributed by atoms with E-state index >= 15 is 0 Å². The molecule has 0 aromatic heterocycles. The van der Waals surface area contributed by atoms with E-state index in [1.165, 1.54) is 17.8 Å². The minimum atomic E-state index is -2.95. The molecule has 0 amide bonds. The number of likely N-dealkylation sites (N-methyl/N-ethyl adjacent to an activating group) is 1. The standard InChI is InChI=1S/C13H15FN2O2S2/c1-16-12-8-20(17,18)7-11(12)15-13(16)19-6-9-4-2-3-5-10(9)14/h2-5,11-12H,6-8H2,1H3/t11-,12+/m0/s1. The van der Waals surface area contributed by atoms with Gasteiger partial charge in [-0.05, 0) is 11.6 Å². The number of aliphatic imine (C=N–C) groups is 1. The first kappa shape index (κ1) is 13.9. The van der Waals surface area contributed by atoms with E-state index in [1.54, 1.807) is 18.2 Å². The van der Waals surface area contributed by atoms with Gasteiger partial charge < -0.3 is 4.90 Å². The molecule has 1 fully saturated rings. The van der Waals surface area contributed by atoms with E-state index in [0.29, 0.717) is 11.3 Å². The summed E-state index contributed by atoms with van der Waals surface area (Å²) in [5.41, 5.74) is 0.637. The van der Waals surface area contributed by atoms with Crippen molar-refractivity contribution in [3.63, 3.8) is 0 Å².